The smallest absolute Gasteiger partial charge is 0.180 e. The molecule has 4 rings (SSSR count). The number of benzene rings is 1. The molecule has 7 nitrogen and oxygen atoms in total. The van der Waals surface area contributed by atoms with Crippen LogP contribution in [-0.2, 0) is 12.2 Å². The minimum Gasteiger partial charge on any atom is -0.497 e. The molecule has 2 aliphatic rings. The van der Waals surface area contributed by atoms with Crippen LogP contribution in [-0.4, -0.2) is 65.4 Å². The molecule has 0 atom stereocenters. The topological polar surface area (TPSA) is 74.6 Å². The van der Waals surface area contributed by atoms with Gasteiger partial charge in [0, 0.05) is 44.4 Å². The van der Waals surface area contributed by atoms with Crippen molar-refractivity contribution < 1.29 is 13.9 Å². The van der Waals surface area contributed by atoms with Gasteiger partial charge in [-0.25, -0.2) is 9.37 Å². The predicted octanol–water partition coefficient (Wildman–Crippen LogP) is 2.66. The van der Waals surface area contributed by atoms with Crippen molar-refractivity contribution in [3.05, 3.63) is 34.6 Å². The van der Waals surface area contributed by atoms with Gasteiger partial charge in [0.2, 0.25) is 0 Å². The zero-order valence-electron chi connectivity index (χ0n) is 16.1. The highest BCUT2D eigenvalue weighted by atomic mass is 32.1. The summed E-state index contributed by atoms with van der Waals surface area (Å²) >= 11 is 1.12. The molecule has 0 radical (unpaired) electrons. The van der Waals surface area contributed by atoms with Gasteiger partial charge in [0.05, 0.1) is 14.2 Å². The lowest BCUT2D eigenvalue weighted by Crippen LogP contribution is -2.48. The van der Waals surface area contributed by atoms with Crippen LogP contribution in [0.2, 0.25) is 0 Å². The molecule has 150 valence electrons. The maximum absolute atomic E-state index is 14.1. The van der Waals surface area contributed by atoms with Crippen molar-refractivity contribution in [3.63, 3.8) is 0 Å². The van der Waals surface area contributed by atoms with Crippen LogP contribution in [0.3, 0.4) is 0 Å². The standard InChI is InChI=1S/C19H24FN5O2S/c1-26-14-4-3-13(15(11-14)27-2)12-24-7-9-25(10-8-24)16(21)17-22-18(23-28-17)19(20)5-6-19/h3-4,11,21H,5-10,12H2,1-2H3. The van der Waals surface area contributed by atoms with Crippen LogP contribution in [0.4, 0.5) is 4.39 Å². The predicted molar refractivity (Wildman–Crippen MR) is 105 cm³/mol. The molecule has 0 unspecified atom stereocenters. The van der Waals surface area contributed by atoms with Gasteiger partial charge in [-0.3, -0.25) is 10.3 Å². The number of amidine groups is 1. The van der Waals surface area contributed by atoms with E-state index in [1.54, 1.807) is 14.2 Å². The third-order valence-electron chi connectivity index (χ3n) is 5.30. The highest BCUT2D eigenvalue weighted by Crippen LogP contribution is 2.48. The summed E-state index contributed by atoms with van der Waals surface area (Å²) in [6.45, 7) is 3.90. The first-order valence-electron chi connectivity index (χ1n) is 9.32. The quantitative estimate of drug-likeness (QED) is 0.588. The summed E-state index contributed by atoms with van der Waals surface area (Å²) in [7, 11) is 3.30. The van der Waals surface area contributed by atoms with Crippen LogP contribution in [0.5, 0.6) is 11.5 Å². The van der Waals surface area contributed by atoms with Gasteiger partial charge < -0.3 is 14.4 Å². The molecular formula is C19H24FN5O2S. The molecule has 0 spiro atoms. The highest BCUT2D eigenvalue weighted by molar-refractivity contribution is 7.07. The minimum absolute atomic E-state index is 0.252. The average Bonchev–Trinajstić information content (AvgIpc) is 3.28. The zero-order valence-corrected chi connectivity index (χ0v) is 16.9. The number of piperazine rings is 1. The first-order chi connectivity index (χ1) is 13.5. The van der Waals surface area contributed by atoms with Crippen molar-refractivity contribution in [2.75, 3.05) is 40.4 Å². The third kappa shape index (κ3) is 3.81. The first kappa shape index (κ1) is 19.1. The van der Waals surface area contributed by atoms with Crippen molar-refractivity contribution >= 4 is 17.4 Å². The van der Waals surface area contributed by atoms with E-state index >= 15 is 0 Å². The molecule has 1 N–H and O–H groups in total. The number of nitrogens with zero attached hydrogens (tertiary/aromatic N) is 4. The fourth-order valence-corrected chi connectivity index (χ4v) is 4.04. The second kappa shape index (κ2) is 7.63. The van der Waals surface area contributed by atoms with Crippen LogP contribution in [0.15, 0.2) is 18.2 Å². The summed E-state index contributed by atoms with van der Waals surface area (Å²) in [5.41, 5.74) is -0.233. The second-order valence-corrected chi connectivity index (χ2v) is 7.93. The molecule has 2 fully saturated rings. The Morgan fingerprint density at radius 2 is 1.96 bits per heavy atom. The van der Waals surface area contributed by atoms with Gasteiger partial charge in [0.15, 0.2) is 22.3 Å². The van der Waals surface area contributed by atoms with Crippen molar-refractivity contribution in [1.82, 2.24) is 19.2 Å². The number of hydrogen-bond donors (Lipinski definition) is 1. The van der Waals surface area contributed by atoms with Gasteiger partial charge in [-0.2, -0.15) is 4.37 Å². The van der Waals surface area contributed by atoms with Crippen LogP contribution < -0.4 is 9.47 Å². The molecule has 0 amide bonds. The lowest BCUT2D eigenvalue weighted by Gasteiger charge is -2.35. The maximum Gasteiger partial charge on any atom is 0.180 e. The second-order valence-electron chi connectivity index (χ2n) is 7.18. The van der Waals surface area contributed by atoms with E-state index in [4.69, 9.17) is 14.9 Å². The molecule has 1 saturated carbocycles. The Morgan fingerprint density at radius 3 is 2.61 bits per heavy atom. The summed E-state index contributed by atoms with van der Waals surface area (Å²) in [5, 5.41) is 8.92. The summed E-state index contributed by atoms with van der Waals surface area (Å²) < 4.78 is 29.0. The van der Waals surface area contributed by atoms with Gasteiger partial charge >= 0.3 is 0 Å². The van der Waals surface area contributed by atoms with E-state index in [1.807, 2.05) is 23.1 Å². The van der Waals surface area contributed by atoms with Crippen LogP contribution in [0, 0.1) is 5.41 Å². The Balaban J connectivity index is 1.34. The van der Waals surface area contributed by atoms with E-state index in [2.05, 4.69) is 14.3 Å². The van der Waals surface area contributed by atoms with Crippen LogP contribution >= 0.6 is 11.5 Å². The normalized spacial score (nSPS) is 18.8. The average molecular weight is 405 g/mol. The Bertz CT molecular complexity index is 862. The van der Waals surface area contributed by atoms with E-state index in [0.717, 1.165) is 61.3 Å². The van der Waals surface area contributed by atoms with Gasteiger partial charge in [0.1, 0.15) is 11.5 Å². The Kier molecular flexibility index (Phi) is 5.20. The number of hydrogen-bond acceptors (Lipinski definition) is 7. The Labute approximate surface area is 167 Å². The number of aromatic nitrogens is 2. The number of nitrogens with one attached hydrogen (secondary N) is 1. The van der Waals surface area contributed by atoms with E-state index in [1.165, 1.54) is 0 Å². The number of rotatable bonds is 6. The van der Waals surface area contributed by atoms with Crippen molar-refractivity contribution in [2.24, 2.45) is 0 Å². The molecule has 0 bridgehead atoms. The SMILES string of the molecule is COc1ccc(CN2CCN(C(=N)c3nc(C4(F)CC4)ns3)CC2)c(OC)c1. The molecule has 1 saturated heterocycles. The summed E-state index contributed by atoms with van der Waals surface area (Å²) in [5.74, 6) is 2.19. The Hall–Kier alpha value is -2.26. The molecule has 1 aromatic heterocycles. The van der Waals surface area contributed by atoms with Gasteiger partial charge in [-0.05, 0) is 30.4 Å². The van der Waals surface area contributed by atoms with Crippen LogP contribution in [0.1, 0.15) is 29.2 Å². The summed E-state index contributed by atoms with van der Waals surface area (Å²) in [4.78, 5) is 8.59. The fraction of sp³-hybridized carbons (Fsp3) is 0.526. The highest BCUT2D eigenvalue weighted by Gasteiger charge is 2.49. The molecule has 1 aromatic carbocycles. The van der Waals surface area contributed by atoms with Crippen molar-refractivity contribution in [3.8, 4) is 11.5 Å². The minimum atomic E-state index is -1.34. The van der Waals surface area contributed by atoms with E-state index < -0.39 is 5.67 Å². The first-order valence-corrected chi connectivity index (χ1v) is 10.1. The number of alkyl halides is 1. The molecule has 9 heteroatoms. The molecular weight excluding hydrogens is 381 g/mol. The van der Waals surface area contributed by atoms with E-state index in [-0.39, 0.29) is 5.82 Å². The Morgan fingerprint density at radius 1 is 1.21 bits per heavy atom. The monoisotopic (exact) mass is 405 g/mol. The number of ether oxygens (including phenoxy) is 2. The number of halogens is 1. The summed E-state index contributed by atoms with van der Waals surface area (Å²) in [6.07, 6.45) is 0.980. The maximum atomic E-state index is 14.1. The largest absolute Gasteiger partial charge is 0.497 e. The van der Waals surface area contributed by atoms with Crippen molar-refractivity contribution in [1.29, 1.82) is 5.41 Å². The molecule has 1 aliphatic carbocycles. The van der Waals surface area contributed by atoms with E-state index in [9.17, 15) is 4.39 Å². The van der Waals surface area contributed by atoms with Gasteiger partial charge in [-0.1, -0.05) is 6.07 Å². The molecule has 2 aromatic rings. The lowest BCUT2D eigenvalue weighted by molar-refractivity contribution is 0.173. The van der Waals surface area contributed by atoms with Crippen molar-refractivity contribution in [2.45, 2.75) is 25.1 Å². The lowest BCUT2D eigenvalue weighted by atomic mass is 10.1. The summed E-state index contributed by atoms with van der Waals surface area (Å²) in [6, 6.07) is 5.86. The molecule has 1 aliphatic heterocycles. The molecule has 28 heavy (non-hydrogen) atoms. The third-order valence-corrected chi connectivity index (χ3v) is 6.02. The van der Waals surface area contributed by atoms with E-state index in [0.29, 0.717) is 23.7 Å². The molecule has 2 heterocycles. The number of methoxy groups -OCH3 is 2. The zero-order chi connectivity index (χ0) is 19.7. The fourth-order valence-electron chi connectivity index (χ4n) is 3.32. The van der Waals surface area contributed by atoms with Crippen LogP contribution in [0.25, 0.3) is 0 Å². The van der Waals surface area contributed by atoms with Gasteiger partial charge in [-0.15, -0.1) is 0 Å². The van der Waals surface area contributed by atoms with Gasteiger partial charge in [0.25, 0.3) is 0 Å².